The van der Waals surface area contributed by atoms with Gasteiger partial charge in [0.05, 0.1) is 17.0 Å². The lowest BCUT2D eigenvalue weighted by molar-refractivity contribution is 1.10. The Bertz CT molecular complexity index is 592. The zero-order valence-electron chi connectivity index (χ0n) is 8.92. The fraction of sp³-hybridized carbons (Fsp3) is 0.0909. The number of para-hydroxylation sites is 1. The van der Waals surface area contributed by atoms with Crippen LogP contribution in [0.5, 0.6) is 0 Å². The average molecular weight is 362 g/mol. The molecule has 0 aliphatic rings. The number of anilines is 2. The Hall–Kier alpha value is -1.08. The molecule has 0 aliphatic heterocycles. The number of nitrogens with one attached hydrogen (secondary N) is 2. The Kier molecular flexibility index (Phi) is 3.68. The fourth-order valence-electron chi connectivity index (χ4n) is 1.38. The van der Waals surface area contributed by atoms with Gasteiger partial charge in [-0.2, -0.15) is 0 Å². The molecule has 0 radical (unpaired) electrons. The Morgan fingerprint density at radius 1 is 1.47 bits per heavy atom. The van der Waals surface area contributed by atoms with E-state index >= 15 is 0 Å². The number of benzene rings is 1. The second-order valence-electron chi connectivity index (χ2n) is 3.45. The van der Waals surface area contributed by atoms with Crippen LogP contribution in [0.2, 0.25) is 5.02 Å². The van der Waals surface area contributed by atoms with Crippen molar-refractivity contribution in [3.8, 4) is 0 Å². The minimum atomic E-state index is -0.173. The van der Waals surface area contributed by atoms with Crippen LogP contribution in [0.15, 0.2) is 29.3 Å². The van der Waals surface area contributed by atoms with Gasteiger partial charge in [-0.15, -0.1) is 0 Å². The van der Waals surface area contributed by atoms with E-state index in [1.54, 1.807) is 6.07 Å². The monoisotopic (exact) mass is 361 g/mol. The highest BCUT2D eigenvalue weighted by Gasteiger charge is 2.09. The summed E-state index contributed by atoms with van der Waals surface area (Å²) in [6.45, 7) is 1.94. The summed E-state index contributed by atoms with van der Waals surface area (Å²) in [5, 5.41) is 3.68. The van der Waals surface area contributed by atoms with Crippen LogP contribution in [0.3, 0.4) is 0 Å². The molecule has 6 heteroatoms. The Balaban J connectivity index is 2.45. The van der Waals surface area contributed by atoms with Gasteiger partial charge in [-0.1, -0.05) is 23.7 Å². The van der Waals surface area contributed by atoms with E-state index < -0.39 is 0 Å². The van der Waals surface area contributed by atoms with Gasteiger partial charge in [0.1, 0.15) is 3.57 Å². The standard InChI is InChI=1S/C11H9ClIN3O/c1-6-3-2-4-7(12)9(6)16-10-8(13)11(17)15-5-14-10/h2-5H,1H3,(H2,14,15,16,17). The summed E-state index contributed by atoms with van der Waals surface area (Å²) in [5.41, 5.74) is 1.59. The first-order valence-corrected chi connectivity index (χ1v) is 6.30. The maximum absolute atomic E-state index is 11.4. The van der Waals surface area contributed by atoms with Crippen LogP contribution in [-0.2, 0) is 0 Å². The molecule has 1 aromatic heterocycles. The molecule has 88 valence electrons. The van der Waals surface area contributed by atoms with Crippen LogP contribution >= 0.6 is 34.2 Å². The zero-order valence-corrected chi connectivity index (χ0v) is 11.8. The van der Waals surface area contributed by atoms with Crippen molar-refractivity contribution < 1.29 is 0 Å². The SMILES string of the molecule is Cc1cccc(Cl)c1Nc1nc[nH]c(=O)c1I. The number of nitrogens with zero attached hydrogens (tertiary/aromatic N) is 1. The number of aromatic nitrogens is 2. The molecule has 0 aliphatic carbocycles. The summed E-state index contributed by atoms with van der Waals surface area (Å²) in [6, 6.07) is 5.60. The van der Waals surface area contributed by atoms with Crippen LogP contribution < -0.4 is 10.9 Å². The first kappa shape index (κ1) is 12.4. The van der Waals surface area contributed by atoms with E-state index in [2.05, 4.69) is 15.3 Å². The van der Waals surface area contributed by atoms with Crippen LogP contribution in [0.4, 0.5) is 11.5 Å². The van der Waals surface area contributed by atoms with Gasteiger partial charge in [0, 0.05) is 0 Å². The molecular weight excluding hydrogens is 352 g/mol. The number of hydrogen-bond acceptors (Lipinski definition) is 3. The van der Waals surface area contributed by atoms with Gasteiger partial charge in [-0.3, -0.25) is 4.79 Å². The molecule has 0 saturated heterocycles. The Labute approximate surface area is 117 Å². The lowest BCUT2D eigenvalue weighted by Gasteiger charge is -2.11. The third-order valence-corrected chi connectivity index (χ3v) is 3.58. The molecule has 1 aromatic carbocycles. The summed E-state index contributed by atoms with van der Waals surface area (Å²) >= 11 is 8.04. The van der Waals surface area contributed by atoms with Gasteiger partial charge >= 0.3 is 0 Å². The van der Waals surface area contributed by atoms with E-state index in [0.29, 0.717) is 14.4 Å². The number of halogens is 2. The predicted octanol–water partition coefficient (Wildman–Crippen LogP) is 3.08. The Morgan fingerprint density at radius 3 is 2.94 bits per heavy atom. The number of aryl methyl sites for hydroxylation is 1. The van der Waals surface area contributed by atoms with Gasteiger partial charge in [0.15, 0.2) is 5.82 Å². The zero-order chi connectivity index (χ0) is 12.4. The molecule has 2 rings (SSSR count). The number of H-pyrrole nitrogens is 1. The van der Waals surface area contributed by atoms with Crippen molar-refractivity contribution in [1.82, 2.24) is 9.97 Å². The van der Waals surface area contributed by atoms with Gasteiger partial charge < -0.3 is 10.3 Å². The van der Waals surface area contributed by atoms with Crippen molar-refractivity contribution in [2.24, 2.45) is 0 Å². The maximum Gasteiger partial charge on any atom is 0.266 e. The third kappa shape index (κ3) is 2.61. The largest absolute Gasteiger partial charge is 0.338 e. The molecular formula is C11H9ClIN3O. The van der Waals surface area contributed by atoms with Gasteiger partial charge in [0.2, 0.25) is 0 Å². The van der Waals surface area contributed by atoms with Crippen LogP contribution in [0.25, 0.3) is 0 Å². The van der Waals surface area contributed by atoms with E-state index in [-0.39, 0.29) is 5.56 Å². The minimum absolute atomic E-state index is 0.173. The highest BCUT2D eigenvalue weighted by atomic mass is 127. The van der Waals surface area contributed by atoms with Crippen molar-refractivity contribution in [2.45, 2.75) is 6.92 Å². The summed E-state index contributed by atoms with van der Waals surface area (Å²) in [4.78, 5) is 18.0. The predicted molar refractivity (Wildman–Crippen MR) is 77.0 cm³/mol. The molecule has 0 bridgehead atoms. The molecule has 0 saturated carbocycles. The highest BCUT2D eigenvalue weighted by Crippen LogP contribution is 2.28. The Morgan fingerprint density at radius 2 is 2.24 bits per heavy atom. The van der Waals surface area contributed by atoms with Crippen molar-refractivity contribution in [2.75, 3.05) is 5.32 Å². The second kappa shape index (κ2) is 5.05. The van der Waals surface area contributed by atoms with E-state index in [1.807, 2.05) is 41.6 Å². The van der Waals surface area contributed by atoms with Gasteiger partial charge in [-0.05, 0) is 41.1 Å². The van der Waals surface area contributed by atoms with Crippen molar-refractivity contribution in [3.63, 3.8) is 0 Å². The van der Waals surface area contributed by atoms with Gasteiger partial charge in [0.25, 0.3) is 5.56 Å². The molecule has 1 heterocycles. The first-order chi connectivity index (χ1) is 8.09. The molecule has 0 spiro atoms. The summed E-state index contributed by atoms with van der Waals surface area (Å²) in [5.74, 6) is 0.505. The van der Waals surface area contributed by atoms with Crippen molar-refractivity contribution in [1.29, 1.82) is 0 Å². The van der Waals surface area contributed by atoms with E-state index in [4.69, 9.17) is 11.6 Å². The lowest BCUT2D eigenvalue weighted by atomic mass is 10.2. The topological polar surface area (TPSA) is 57.8 Å². The molecule has 2 aromatic rings. The lowest BCUT2D eigenvalue weighted by Crippen LogP contribution is -2.13. The number of aromatic amines is 1. The minimum Gasteiger partial charge on any atom is -0.338 e. The van der Waals surface area contributed by atoms with Crippen LogP contribution in [0, 0.1) is 10.5 Å². The molecule has 0 fully saturated rings. The molecule has 2 N–H and O–H groups in total. The second-order valence-corrected chi connectivity index (χ2v) is 4.94. The van der Waals surface area contributed by atoms with Gasteiger partial charge in [-0.25, -0.2) is 4.98 Å². The average Bonchev–Trinajstić information content (AvgIpc) is 2.29. The smallest absolute Gasteiger partial charge is 0.266 e. The molecule has 0 amide bonds. The molecule has 0 atom stereocenters. The summed E-state index contributed by atoms with van der Waals surface area (Å²) in [6.07, 6.45) is 1.36. The first-order valence-electron chi connectivity index (χ1n) is 4.85. The number of rotatable bonds is 2. The number of hydrogen-bond donors (Lipinski definition) is 2. The molecule has 0 unspecified atom stereocenters. The third-order valence-electron chi connectivity index (χ3n) is 2.26. The molecule has 4 nitrogen and oxygen atoms in total. The van der Waals surface area contributed by atoms with E-state index in [0.717, 1.165) is 11.3 Å². The van der Waals surface area contributed by atoms with E-state index in [1.165, 1.54) is 6.33 Å². The maximum atomic E-state index is 11.4. The van der Waals surface area contributed by atoms with Crippen molar-refractivity contribution >= 4 is 45.7 Å². The highest BCUT2D eigenvalue weighted by molar-refractivity contribution is 14.1. The molecule has 17 heavy (non-hydrogen) atoms. The quantitative estimate of drug-likeness (QED) is 0.808. The van der Waals surface area contributed by atoms with Crippen molar-refractivity contribution in [3.05, 3.63) is 49.0 Å². The normalized spacial score (nSPS) is 10.3. The summed E-state index contributed by atoms with van der Waals surface area (Å²) < 4.78 is 0.504. The fourth-order valence-corrected chi connectivity index (χ4v) is 2.08. The van der Waals surface area contributed by atoms with E-state index in [9.17, 15) is 4.79 Å². The van der Waals surface area contributed by atoms with Crippen LogP contribution in [-0.4, -0.2) is 9.97 Å². The summed E-state index contributed by atoms with van der Waals surface area (Å²) in [7, 11) is 0. The van der Waals surface area contributed by atoms with Crippen LogP contribution in [0.1, 0.15) is 5.56 Å².